The van der Waals surface area contributed by atoms with Gasteiger partial charge < -0.3 is 21.3 Å². The van der Waals surface area contributed by atoms with Gasteiger partial charge in [0.1, 0.15) is 11.6 Å². The van der Waals surface area contributed by atoms with E-state index in [0.29, 0.717) is 35.3 Å². The van der Waals surface area contributed by atoms with E-state index in [1.807, 2.05) is 20.8 Å². The summed E-state index contributed by atoms with van der Waals surface area (Å²) in [7, 11) is 0. The Hall–Kier alpha value is -4.18. The lowest BCUT2D eigenvalue weighted by atomic mass is 9.98. The number of nitrogens with one attached hydrogen (secondary N) is 2. The molecule has 3 rings (SSSR count). The highest BCUT2D eigenvalue weighted by atomic mass is 19.1. The highest BCUT2D eigenvalue weighted by Crippen LogP contribution is 2.16. The van der Waals surface area contributed by atoms with Gasteiger partial charge in [-0.05, 0) is 86.2 Å². The van der Waals surface area contributed by atoms with Crippen molar-refractivity contribution in [3.05, 3.63) is 100 Å². The Morgan fingerprint density at radius 1 is 0.881 bits per heavy atom. The van der Waals surface area contributed by atoms with Crippen LogP contribution in [0.4, 0.5) is 8.78 Å². The fraction of sp³-hybridized carbons (Fsp3) is 0.375. The second-order valence-electron chi connectivity index (χ2n) is 10.5. The lowest BCUT2D eigenvalue weighted by Gasteiger charge is -2.24. The van der Waals surface area contributed by atoms with E-state index in [2.05, 4.69) is 15.6 Å². The number of benzene rings is 2. The van der Waals surface area contributed by atoms with Gasteiger partial charge in [0.25, 0.3) is 17.7 Å². The Kier molecular flexibility index (Phi) is 12.1. The van der Waals surface area contributed by atoms with Gasteiger partial charge in [-0.25, -0.2) is 8.78 Å². The summed E-state index contributed by atoms with van der Waals surface area (Å²) >= 11 is 0. The summed E-state index contributed by atoms with van der Waals surface area (Å²) in [5, 5.41) is 5.70. The minimum atomic E-state index is -0.727. The molecule has 42 heavy (non-hydrogen) atoms. The first-order valence-electron chi connectivity index (χ1n) is 14.2. The lowest BCUT2D eigenvalue weighted by molar-refractivity contribution is 0.0755. The number of hydrogen-bond acceptors (Lipinski definition) is 5. The van der Waals surface area contributed by atoms with E-state index in [4.69, 9.17) is 5.73 Å². The van der Waals surface area contributed by atoms with E-state index in [1.165, 1.54) is 24.5 Å². The number of carbonyl (C=O) groups excluding carboxylic acids is 3. The van der Waals surface area contributed by atoms with Gasteiger partial charge in [0.05, 0.1) is 0 Å². The summed E-state index contributed by atoms with van der Waals surface area (Å²) in [6, 6.07) is 10.2. The molecule has 0 unspecified atom stereocenters. The minimum Gasteiger partial charge on any atom is -0.350 e. The first kappa shape index (κ1) is 32.3. The number of halogens is 2. The molecule has 2 aromatic carbocycles. The standard InChI is InChI=1S/C32H39F2N5O3/c1-4-10-39(11-5-2)32(42)25-13-21(3)12-24(17-25)31(41)38-29(16-22-14-26(33)18-27(34)15-22)19-28(35)20-37-30(40)23-6-8-36-9-7-23/h6-9,12-15,17-18,28-29H,4-5,10-11,16,19-20,35H2,1-3H3,(H,37,40)(H,38,41)/t28-,29-/m0/s1. The highest BCUT2D eigenvalue weighted by molar-refractivity contribution is 6.00. The molecule has 0 fully saturated rings. The molecule has 0 saturated carbocycles. The largest absolute Gasteiger partial charge is 0.350 e. The Morgan fingerprint density at radius 3 is 2.12 bits per heavy atom. The van der Waals surface area contributed by atoms with Crippen LogP contribution in [0.1, 0.15) is 75.3 Å². The van der Waals surface area contributed by atoms with Gasteiger partial charge in [0, 0.05) is 66.9 Å². The third kappa shape index (κ3) is 9.73. The van der Waals surface area contributed by atoms with Crippen molar-refractivity contribution in [3.8, 4) is 0 Å². The zero-order chi connectivity index (χ0) is 30.6. The molecule has 0 saturated heterocycles. The van der Waals surface area contributed by atoms with Crippen LogP contribution < -0.4 is 16.4 Å². The lowest BCUT2D eigenvalue weighted by Crippen LogP contribution is -2.45. The molecule has 10 heteroatoms. The van der Waals surface area contributed by atoms with Crippen LogP contribution in [-0.4, -0.2) is 59.3 Å². The van der Waals surface area contributed by atoms with Gasteiger partial charge in [-0.3, -0.25) is 19.4 Å². The van der Waals surface area contributed by atoms with Crippen LogP contribution in [0.25, 0.3) is 0 Å². The number of nitrogens with zero attached hydrogens (tertiary/aromatic N) is 2. The number of rotatable bonds is 14. The number of aryl methyl sites for hydroxylation is 1. The van der Waals surface area contributed by atoms with E-state index < -0.39 is 29.6 Å². The van der Waals surface area contributed by atoms with Gasteiger partial charge in [0.2, 0.25) is 0 Å². The van der Waals surface area contributed by atoms with Crippen molar-refractivity contribution in [1.82, 2.24) is 20.5 Å². The predicted octanol–water partition coefficient (Wildman–Crippen LogP) is 4.42. The average Bonchev–Trinajstić information content (AvgIpc) is 2.95. The number of hydrogen-bond donors (Lipinski definition) is 3. The topological polar surface area (TPSA) is 117 Å². The average molecular weight is 580 g/mol. The number of aromatic nitrogens is 1. The Balaban J connectivity index is 1.78. The van der Waals surface area contributed by atoms with Crippen LogP contribution in [0.15, 0.2) is 60.9 Å². The maximum atomic E-state index is 13.9. The third-order valence-electron chi connectivity index (χ3n) is 6.65. The molecule has 2 atom stereocenters. The van der Waals surface area contributed by atoms with E-state index >= 15 is 0 Å². The number of pyridine rings is 1. The molecule has 0 aliphatic rings. The molecule has 0 bridgehead atoms. The molecule has 224 valence electrons. The fourth-order valence-electron chi connectivity index (χ4n) is 4.83. The van der Waals surface area contributed by atoms with Crippen LogP contribution in [0, 0.1) is 18.6 Å². The molecule has 0 aliphatic carbocycles. The predicted molar refractivity (Wildman–Crippen MR) is 158 cm³/mol. The summed E-state index contributed by atoms with van der Waals surface area (Å²) in [5.41, 5.74) is 8.57. The van der Waals surface area contributed by atoms with Crippen molar-refractivity contribution in [2.24, 2.45) is 5.73 Å². The SMILES string of the molecule is CCCN(CCC)C(=O)c1cc(C)cc(C(=O)N[C@@H](Cc2cc(F)cc(F)c2)C[C@H](N)CNC(=O)c2ccncc2)c1. The summed E-state index contributed by atoms with van der Waals surface area (Å²) in [4.78, 5) is 44.8. The number of amides is 3. The van der Waals surface area contributed by atoms with E-state index in [9.17, 15) is 23.2 Å². The third-order valence-corrected chi connectivity index (χ3v) is 6.65. The van der Waals surface area contributed by atoms with Crippen molar-refractivity contribution in [1.29, 1.82) is 0 Å². The van der Waals surface area contributed by atoms with Crippen molar-refractivity contribution < 1.29 is 23.2 Å². The van der Waals surface area contributed by atoms with Crippen LogP contribution >= 0.6 is 0 Å². The van der Waals surface area contributed by atoms with Gasteiger partial charge in [0.15, 0.2) is 0 Å². The highest BCUT2D eigenvalue weighted by Gasteiger charge is 2.22. The molecule has 3 aromatic rings. The van der Waals surface area contributed by atoms with Crippen LogP contribution in [0.5, 0.6) is 0 Å². The monoisotopic (exact) mass is 579 g/mol. The van der Waals surface area contributed by atoms with Gasteiger partial charge >= 0.3 is 0 Å². The number of carbonyl (C=O) groups is 3. The summed E-state index contributed by atoms with van der Waals surface area (Å²) < 4.78 is 27.9. The molecular formula is C32H39F2N5O3. The van der Waals surface area contributed by atoms with Gasteiger partial charge in [-0.2, -0.15) is 0 Å². The molecule has 0 radical (unpaired) electrons. The molecule has 1 aromatic heterocycles. The van der Waals surface area contributed by atoms with Gasteiger partial charge in [-0.15, -0.1) is 0 Å². The zero-order valence-corrected chi connectivity index (χ0v) is 24.3. The summed E-state index contributed by atoms with van der Waals surface area (Å²) in [5.74, 6) is -2.36. The molecule has 8 nitrogen and oxygen atoms in total. The van der Waals surface area contributed by atoms with Crippen molar-refractivity contribution >= 4 is 17.7 Å². The maximum Gasteiger partial charge on any atom is 0.253 e. The quantitative estimate of drug-likeness (QED) is 0.261. The van der Waals surface area contributed by atoms with Crippen LogP contribution in [0.2, 0.25) is 0 Å². The molecule has 3 amide bonds. The van der Waals surface area contributed by atoms with Crippen LogP contribution in [-0.2, 0) is 6.42 Å². The summed E-state index contributed by atoms with van der Waals surface area (Å²) in [6.45, 7) is 7.16. The maximum absolute atomic E-state index is 13.9. The summed E-state index contributed by atoms with van der Waals surface area (Å²) in [6.07, 6.45) is 4.96. The smallest absolute Gasteiger partial charge is 0.253 e. The van der Waals surface area contributed by atoms with Crippen molar-refractivity contribution in [2.75, 3.05) is 19.6 Å². The molecule has 4 N–H and O–H groups in total. The van der Waals surface area contributed by atoms with Gasteiger partial charge in [-0.1, -0.05) is 13.8 Å². The Morgan fingerprint density at radius 2 is 1.50 bits per heavy atom. The second kappa shape index (κ2) is 15.7. The second-order valence-corrected chi connectivity index (χ2v) is 10.5. The molecule has 0 spiro atoms. The van der Waals surface area contributed by atoms with E-state index in [1.54, 1.807) is 35.2 Å². The Labute approximate surface area is 245 Å². The first-order chi connectivity index (χ1) is 20.1. The van der Waals surface area contributed by atoms with E-state index in [-0.39, 0.29) is 31.2 Å². The fourth-order valence-corrected chi connectivity index (χ4v) is 4.83. The molecule has 0 aliphatic heterocycles. The minimum absolute atomic E-state index is 0.102. The zero-order valence-electron chi connectivity index (χ0n) is 24.3. The van der Waals surface area contributed by atoms with Crippen molar-refractivity contribution in [3.63, 3.8) is 0 Å². The van der Waals surface area contributed by atoms with Crippen molar-refractivity contribution in [2.45, 2.75) is 58.5 Å². The first-order valence-corrected chi connectivity index (χ1v) is 14.2. The van der Waals surface area contributed by atoms with Crippen LogP contribution in [0.3, 0.4) is 0 Å². The normalized spacial score (nSPS) is 12.3. The number of nitrogens with two attached hydrogens (primary N) is 1. The van der Waals surface area contributed by atoms with E-state index in [0.717, 1.165) is 24.5 Å². The Bertz CT molecular complexity index is 1340. The molecule has 1 heterocycles. The molecular weight excluding hydrogens is 540 g/mol.